The highest BCUT2D eigenvalue weighted by atomic mass is 79.9. The van der Waals surface area contributed by atoms with Gasteiger partial charge < -0.3 is 9.47 Å². The van der Waals surface area contributed by atoms with Gasteiger partial charge in [-0.1, -0.05) is 19.4 Å². The zero-order chi connectivity index (χ0) is 18.1. The van der Waals surface area contributed by atoms with E-state index in [4.69, 9.17) is 9.47 Å². The summed E-state index contributed by atoms with van der Waals surface area (Å²) < 4.78 is 11.9. The number of hydrazone groups is 1. The highest BCUT2D eigenvalue weighted by Crippen LogP contribution is 2.33. The topological polar surface area (TPSA) is 59.9 Å². The fourth-order valence-corrected chi connectivity index (χ4v) is 3.16. The van der Waals surface area contributed by atoms with Crippen molar-refractivity contribution in [2.45, 2.75) is 26.2 Å². The average Bonchev–Trinajstić information content (AvgIpc) is 3.09. The number of carbonyl (C=O) groups excluding carboxylic acids is 1. The molecule has 2 rings (SSSR count). The Morgan fingerprint density at radius 3 is 2.92 bits per heavy atom. The molecule has 5 nitrogen and oxygen atoms in total. The summed E-state index contributed by atoms with van der Waals surface area (Å²) in [6.07, 6.45) is 3.96. The Bertz CT molecular complexity index is 717. The Hall–Kier alpha value is -1.86. The zero-order valence-corrected chi connectivity index (χ0v) is 16.7. The van der Waals surface area contributed by atoms with E-state index in [1.165, 1.54) is 0 Å². The number of hydrogen-bond acceptors (Lipinski definition) is 5. The molecule has 1 N–H and O–H groups in total. The van der Waals surface area contributed by atoms with Gasteiger partial charge in [0.2, 0.25) is 5.91 Å². The third-order valence-corrected chi connectivity index (χ3v) is 4.91. The molecule has 134 valence electrons. The monoisotopic (exact) mass is 424 g/mol. The average molecular weight is 425 g/mol. The van der Waals surface area contributed by atoms with Gasteiger partial charge in [-0.25, -0.2) is 5.43 Å². The minimum atomic E-state index is -0.152. The lowest BCUT2D eigenvalue weighted by Gasteiger charge is -2.12. The summed E-state index contributed by atoms with van der Waals surface area (Å²) in [4.78, 5) is 12.8. The van der Waals surface area contributed by atoms with Gasteiger partial charge in [0.1, 0.15) is 0 Å². The van der Waals surface area contributed by atoms with E-state index in [2.05, 4.69) is 33.4 Å². The molecule has 25 heavy (non-hydrogen) atoms. The van der Waals surface area contributed by atoms with E-state index < -0.39 is 0 Å². The number of nitrogens with one attached hydrogen (secondary N) is 1. The first-order chi connectivity index (χ1) is 12.1. The maximum atomic E-state index is 11.8. The van der Waals surface area contributed by atoms with Crippen molar-refractivity contribution in [3.8, 4) is 11.5 Å². The van der Waals surface area contributed by atoms with Crippen molar-refractivity contribution in [3.63, 3.8) is 0 Å². The van der Waals surface area contributed by atoms with Gasteiger partial charge in [-0.2, -0.15) is 5.10 Å². The Balaban J connectivity index is 1.99. The zero-order valence-electron chi connectivity index (χ0n) is 14.3. The van der Waals surface area contributed by atoms with Crippen LogP contribution in [0.5, 0.6) is 11.5 Å². The van der Waals surface area contributed by atoms with Gasteiger partial charge in [-0.3, -0.25) is 4.79 Å². The van der Waals surface area contributed by atoms with Crippen molar-refractivity contribution in [1.82, 2.24) is 5.43 Å². The molecule has 1 amide bonds. The van der Waals surface area contributed by atoms with Crippen LogP contribution in [0.1, 0.15) is 30.2 Å². The Morgan fingerprint density at radius 1 is 1.40 bits per heavy atom. The summed E-state index contributed by atoms with van der Waals surface area (Å²) in [5.74, 6) is 1.16. The molecule has 1 aromatic heterocycles. The summed E-state index contributed by atoms with van der Waals surface area (Å²) in [7, 11) is 1.60. The van der Waals surface area contributed by atoms with Gasteiger partial charge >= 0.3 is 0 Å². The van der Waals surface area contributed by atoms with Crippen molar-refractivity contribution in [3.05, 3.63) is 44.6 Å². The number of rotatable bonds is 9. The minimum Gasteiger partial charge on any atom is -0.493 e. The van der Waals surface area contributed by atoms with E-state index in [1.54, 1.807) is 24.7 Å². The first kappa shape index (κ1) is 19.5. The van der Waals surface area contributed by atoms with Crippen LogP contribution in [-0.4, -0.2) is 25.8 Å². The molecule has 1 aromatic carbocycles. The van der Waals surface area contributed by atoms with Crippen LogP contribution >= 0.6 is 27.3 Å². The summed E-state index contributed by atoms with van der Waals surface area (Å²) in [6, 6.07) is 7.51. The number of methoxy groups -OCH3 is 1. The molecule has 7 heteroatoms. The van der Waals surface area contributed by atoms with Crippen LogP contribution in [0.2, 0.25) is 0 Å². The lowest BCUT2D eigenvalue weighted by molar-refractivity contribution is -0.120. The largest absolute Gasteiger partial charge is 0.493 e. The molecule has 0 spiro atoms. The van der Waals surface area contributed by atoms with Crippen molar-refractivity contribution >= 4 is 39.4 Å². The molecule has 0 aliphatic rings. The number of carbonyl (C=O) groups is 1. The molecule has 0 saturated carbocycles. The van der Waals surface area contributed by atoms with Crippen LogP contribution < -0.4 is 14.9 Å². The van der Waals surface area contributed by atoms with E-state index in [0.717, 1.165) is 27.8 Å². The highest BCUT2D eigenvalue weighted by Gasteiger charge is 2.09. The van der Waals surface area contributed by atoms with Crippen molar-refractivity contribution in [2.75, 3.05) is 13.7 Å². The van der Waals surface area contributed by atoms with Crippen molar-refractivity contribution < 1.29 is 14.3 Å². The number of hydrogen-bond donors (Lipinski definition) is 1. The number of unbranched alkanes of at least 4 members (excludes halogenated alkanes) is 1. The quantitative estimate of drug-likeness (QED) is 0.368. The smallest absolute Gasteiger partial charge is 0.245 e. The van der Waals surface area contributed by atoms with Gasteiger partial charge in [0.15, 0.2) is 11.5 Å². The molecule has 0 bridgehead atoms. The second kappa shape index (κ2) is 10.2. The fraction of sp³-hybridized carbons (Fsp3) is 0.333. The number of thiophene rings is 1. The normalized spacial score (nSPS) is 10.8. The predicted octanol–water partition coefficient (Wildman–Crippen LogP) is 4.39. The van der Waals surface area contributed by atoms with Crippen LogP contribution in [0, 0.1) is 0 Å². The summed E-state index contributed by atoms with van der Waals surface area (Å²) in [5, 5.41) is 5.96. The molecule has 0 aliphatic heterocycles. The number of halogens is 1. The van der Waals surface area contributed by atoms with Crippen molar-refractivity contribution in [2.24, 2.45) is 5.10 Å². The third-order valence-electron chi connectivity index (χ3n) is 3.35. The van der Waals surface area contributed by atoms with Gasteiger partial charge in [-0.15, -0.1) is 11.3 Å². The number of amides is 1. The lowest BCUT2D eigenvalue weighted by Crippen LogP contribution is -2.19. The maximum absolute atomic E-state index is 11.8. The minimum absolute atomic E-state index is 0.152. The van der Waals surface area contributed by atoms with Crippen molar-refractivity contribution in [1.29, 1.82) is 0 Å². The Labute approximate surface area is 160 Å². The molecule has 0 atom stereocenters. The molecule has 0 aliphatic carbocycles. The SMILES string of the molecule is CCCCOc1cc(Br)c(/C=N\NC(=O)Cc2cccs2)cc1OC. The first-order valence-corrected chi connectivity index (χ1v) is 9.66. The van der Waals surface area contributed by atoms with Gasteiger partial charge in [0.05, 0.1) is 26.4 Å². The molecule has 0 unspecified atom stereocenters. The number of benzene rings is 1. The van der Waals surface area contributed by atoms with Crippen LogP contribution in [0.25, 0.3) is 0 Å². The van der Waals surface area contributed by atoms with Gasteiger partial charge in [-0.05, 0) is 45.9 Å². The van der Waals surface area contributed by atoms with Crippen LogP contribution in [-0.2, 0) is 11.2 Å². The Kier molecular flexibility index (Phi) is 7.94. The molecule has 0 fully saturated rings. The van der Waals surface area contributed by atoms with Gasteiger partial charge in [0, 0.05) is 14.9 Å². The second-order valence-electron chi connectivity index (χ2n) is 5.28. The second-order valence-corrected chi connectivity index (χ2v) is 7.16. The molecule has 0 radical (unpaired) electrons. The molecule has 1 heterocycles. The summed E-state index contributed by atoms with van der Waals surface area (Å²) >= 11 is 5.04. The highest BCUT2D eigenvalue weighted by molar-refractivity contribution is 9.10. The molecular formula is C18H21BrN2O3S. The third kappa shape index (κ3) is 6.17. The lowest BCUT2D eigenvalue weighted by atomic mass is 10.2. The van der Waals surface area contributed by atoms with Gasteiger partial charge in [0.25, 0.3) is 0 Å². The fourth-order valence-electron chi connectivity index (χ4n) is 2.03. The molecular weight excluding hydrogens is 404 g/mol. The van der Waals surface area contributed by atoms with Crippen LogP contribution in [0.15, 0.2) is 39.2 Å². The first-order valence-electron chi connectivity index (χ1n) is 7.98. The van der Waals surface area contributed by atoms with E-state index in [0.29, 0.717) is 24.5 Å². The van der Waals surface area contributed by atoms with Crippen LogP contribution in [0.4, 0.5) is 0 Å². The number of nitrogens with zero attached hydrogens (tertiary/aromatic N) is 1. The maximum Gasteiger partial charge on any atom is 0.245 e. The molecule has 0 saturated heterocycles. The van der Waals surface area contributed by atoms with E-state index >= 15 is 0 Å². The Morgan fingerprint density at radius 2 is 2.24 bits per heavy atom. The predicted molar refractivity (Wildman–Crippen MR) is 105 cm³/mol. The van der Waals surface area contributed by atoms with E-state index in [9.17, 15) is 4.79 Å². The number of ether oxygens (including phenoxy) is 2. The summed E-state index contributed by atoms with van der Waals surface area (Å²) in [5.41, 5.74) is 3.32. The van der Waals surface area contributed by atoms with Crippen LogP contribution in [0.3, 0.4) is 0 Å². The van der Waals surface area contributed by atoms with E-state index in [-0.39, 0.29) is 5.91 Å². The standard InChI is InChI=1S/C18H21BrN2O3S/c1-3-4-7-24-17-11-15(19)13(9-16(17)23-2)12-20-21-18(22)10-14-6-5-8-25-14/h5-6,8-9,11-12H,3-4,7,10H2,1-2H3,(H,21,22)/b20-12-. The van der Waals surface area contributed by atoms with E-state index in [1.807, 2.05) is 29.6 Å². The summed E-state index contributed by atoms with van der Waals surface area (Å²) in [6.45, 7) is 2.76. The molecule has 2 aromatic rings.